The largest absolute Gasteiger partial charge is 0.342 e. The van der Waals surface area contributed by atoms with E-state index in [1.165, 1.54) is 0 Å². The molecule has 1 aliphatic carbocycles. The molecule has 1 saturated carbocycles. The van der Waals surface area contributed by atoms with E-state index in [9.17, 15) is 9.59 Å². The number of piperazine rings is 1. The molecule has 1 saturated heterocycles. The van der Waals surface area contributed by atoms with Crippen LogP contribution in [0.3, 0.4) is 0 Å². The first kappa shape index (κ1) is 15.3. The minimum Gasteiger partial charge on any atom is -0.342 e. The normalized spacial score (nSPS) is 27.1. The van der Waals surface area contributed by atoms with Gasteiger partial charge in [0, 0.05) is 6.54 Å². The van der Waals surface area contributed by atoms with E-state index >= 15 is 0 Å². The highest BCUT2D eigenvalue weighted by Crippen LogP contribution is 2.35. The predicted molar refractivity (Wildman–Crippen MR) is 79.1 cm³/mol. The van der Waals surface area contributed by atoms with Crippen LogP contribution in [0.15, 0.2) is 0 Å². The van der Waals surface area contributed by atoms with E-state index in [4.69, 9.17) is 0 Å². The lowest BCUT2D eigenvalue weighted by molar-refractivity contribution is -0.150. The molecule has 1 heterocycles. The maximum atomic E-state index is 12.6. The van der Waals surface area contributed by atoms with Gasteiger partial charge in [0.2, 0.25) is 11.8 Å². The SMILES string of the molecule is CCCC1C(=O)NC(C2CC2)C(=O)N1CCCC(C)C. The molecule has 2 amide bonds. The van der Waals surface area contributed by atoms with E-state index in [1.54, 1.807) is 0 Å². The first-order chi connectivity index (χ1) is 9.54. The monoisotopic (exact) mass is 280 g/mol. The van der Waals surface area contributed by atoms with Crippen LogP contribution in [0.4, 0.5) is 0 Å². The van der Waals surface area contributed by atoms with Crippen molar-refractivity contribution in [2.24, 2.45) is 11.8 Å². The lowest BCUT2D eigenvalue weighted by atomic mass is 9.99. The molecule has 1 aliphatic heterocycles. The van der Waals surface area contributed by atoms with Crippen LogP contribution in [0.25, 0.3) is 0 Å². The maximum Gasteiger partial charge on any atom is 0.246 e. The summed E-state index contributed by atoms with van der Waals surface area (Å²) in [6.45, 7) is 7.19. The molecule has 0 bridgehead atoms. The molecule has 2 fully saturated rings. The number of amides is 2. The fourth-order valence-corrected chi connectivity index (χ4v) is 3.03. The molecule has 2 atom stereocenters. The number of nitrogens with one attached hydrogen (secondary N) is 1. The van der Waals surface area contributed by atoms with Crippen LogP contribution in [0.2, 0.25) is 0 Å². The highest BCUT2D eigenvalue weighted by Gasteiger charge is 2.46. The van der Waals surface area contributed by atoms with E-state index in [1.807, 2.05) is 4.90 Å². The Bertz CT molecular complexity index is 363. The fourth-order valence-electron chi connectivity index (χ4n) is 3.03. The molecule has 4 nitrogen and oxygen atoms in total. The summed E-state index contributed by atoms with van der Waals surface area (Å²) in [6, 6.07) is -0.482. The molecule has 1 N–H and O–H groups in total. The molecule has 2 rings (SSSR count). The van der Waals surface area contributed by atoms with Gasteiger partial charge in [-0.25, -0.2) is 0 Å². The average Bonchev–Trinajstić information content (AvgIpc) is 3.20. The fraction of sp³-hybridized carbons (Fsp3) is 0.875. The lowest BCUT2D eigenvalue weighted by Gasteiger charge is -2.39. The molecular formula is C16H28N2O2. The Morgan fingerprint density at radius 3 is 2.55 bits per heavy atom. The van der Waals surface area contributed by atoms with E-state index in [-0.39, 0.29) is 23.9 Å². The third-order valence-electron chi connectivity index (χ3n) is 4.36. The second-order valence-electron chi connectivity index (χ2n) is 6.70. The Labute approximate surface area is 122 Å². The van der Waals surface area contributed by atoms with Crippen LogP contribution >= 0.6 is 0 Å². The smallest absolute Gasteiger partial charge is 0.246 e. The topological polar surface area (TPSA) is 49.4 Å². The van der Waals surface area contributed by atoms with Gasteiger partial charge in [-0.05, 0) is 43.9 Å². The van der Waals surface area contributed by atoms with Crippen molar-refractivity contribution in [2.45, 2.75) is 71.4 Å². The molecule has 20 heavy (non-hydrogen) atoms. The number of carbonyl (C=O) groups excluding carboxylic acids is 2. The highest BCUT2D eigenvalue weighted by molar-refractivity contribution is 5.97. The lowest BCUT2D eigenvalue weighted by Crippen LogP contribution is -2.64. The molecule has 4 heteroatoms. The summed E-state index contributed by atoms with van der Waals surface area (Å²) in [7, 11) is 0. The van der Waals surface area contributed by atoms with Gasteiger partial charge >= 0.3 is 0 Å². The second-order valence-corrected chi connectivity index (χ2v) is 6.70. The summed E-state index contributed by atoms with van der Waals surface area (Å²) < 4.78 is 0. The Balaban J connectivity index is 2.02. The maximum absolute atomic E-state index is 12.6. The van der Waals surface area contributed by atoms with Gasteiger partial charge in [-0.1, -0.05) is 27.2 Å². The minimum atomic E-state index is -0.241. The van der Waals surface area contributed by atoms with Crippen molar-refractivity contribution in [3.63, 3.8) is 0 Å². The third-order valence-corrected chi connectivity index (χ3v) is 4.36. The van der Waals surface area contributed by atoms with E-state index < -0.39 is 0 Å². The first-order valence-corrected chi connectivity index (χ1v) is 8.15. The highest BCUT2D eigenvalue weighted by atomic mass is 16.2. The van der Waals surface area contributed by atoms with E-state index in [2.05, 4.69) is 26.1 Å². The zero-order chi connectivity index (χ0) is 14.7. The number of nitrogens with zero attached hydrogens (tertiary/aromatic N) is 1. The molecule has 0 spiro atoms. The summed E-state index contributed by atoms with van der Waals surface area (Å²) in [5, 5.41) is 2.96. The van der Waals surface area contributed by atoms with E-state index in [0.717, 1.165) is 45.1 Å². The Kier molecular flexibility index (Phi) is 5.06. The van der Waals surface area contributed by atoms with Crippen LogP contribution in [0.5, 0.6) is 0 Å². The zero-order valence-electron chi connectivity index (χ0n) is 13.0. The van der Waals surface area contributed by atoms with Gasteiger partial charge in [-0.3, -0.25) is 9.59 Å². The standard InChI is InChI=1S/C16H28N2O2/c1-4-6-13-15(19)17-14(12-8-9-12)16(20)18(13)10-5-7-11(2)3/h11-14H,4-10H2,1-3H3,(H,17,19). The first-order valence-electron chi connectivity index (χ1n) is 8.15. The van der Waals surface area contributed by atoms with Crippen molar-refractivity contribution >= 4 is 11.8 Å². The van der Waals surface area contributed by atoms with Crippen LogP contribution in [0, 0.1) is 11.8 Å². The summed E-state index contributed by atoms with van der Waals surface area (Å²) in [5.74, 6) is 1.26. The summed E-state index contributed by atoms with van der Waals surface area (Å²) >= 11 is 0. The van der Waals surface area contributed by atoms with Crippen LogP contribution in [0.1, 0.15) is 59.3 Å². The van der Waals surface area contributed by atoms with Crippen LogP contribution < -0.4 is 5.32 Å². The van der Waals surface area contributed by atoms with Gasteiger partial charge in [0.25, 0.3) is 0 Å². The Morgan fingerprint density at radius 2 is 2.00 bits per heavy atom. The molecule has 114 valence electrons. The Morgan fingerprint density at radius 1 is 1.30 bits per heavy atom. The molecule has 0 aromatic rings. The van der Waals surface area contributed by atoms with Gasteiger partial charge in [0.05, 0.1) is 0 Å². The number of hydrogen-bond acceptors (Lipinski definition) is 2. The zero-order valence-corrected chi connectivity index (χ0v) is 13.0. The Hall–Kier alpha value is -1.06. The molecule has 2 unspecified atom stereocenters. The van der Waals surface area contributed by atoms with Gasteiger partial charge in [0.1, 0.15) is 12.1 Å². The summed E-state index contributed by atoms with van der Waals surface area (Å²) in [4.78, 5) is 26.8. The van der Waals surface area contributed by atoms with Gasteiger partial charge < -0.3 is 10.2 Å². The number of carbonyl (C=O) groups is 2. The molecule has 0 aromatic carbocycles. The van der Waals surface area contributed by atoms with Crippen molar-refractivity contribution in [1.82, 2.24) is 10.2 Å². The predicted octanol–water partition coefficient (Wildman–Crippen LogP) is 2.33. The van der Waals surface area contributed by atoms with Gasteiger partial charge in [-0.2, -0.15) is 0 Å². The van der Waals surface area contributed by atoms with Crippen molar-refractivity contribution in [3.8, 4) is 0 Å². The summed E-state index contributed by atoms with van der Waals surface area (Å²) in [5.41, 5.74) is 0. The van der Waals surface area contributed by atoms with Crippen molar-refractivity contribution in [1.29, 1.82) is 0 Å². The van der Waals surface area contributed by atoms with E-state index in [0.29, 0.717) is 11.8 Å². The van der Waals surface area contributed by atoms with Crippen molar-refractivity contribution < 1.29 is 9.59 Å². The van der Waals surface area contributed by atoms with Crippen LogP contribution in [-0.4, -0.2) is 35.3 Å². The van der Waals surface area contributed by atoms with Crippen molar-refractivity contribution in [2.75, 3.05) is 6.54 Å². The summed E-state index contributed by atoms with van der Waals surface area (Å²) in [6.07, 6.45) is 5.97. The van der Waals surface area contributed by atoms with Gasteiger partial charge in [-0.15, -0.1) is 0 Å². The number of rotatable bonds is 7. The molecule has 2 aliphatic rings. The van der Waals surface area contributed by atoms with Crippen LogP contribution in [-0.2, 0) is 9.59 Å². The van der Waals surface area contributed by atoms with Crippen molar-refractivity contribution in [3.05, 3.63) is 0 Å². The molecule has 0 radical (unpaired) electrons. The second kappa shape index (κ2) is 6.59. The molecule has 0 aromatic heterocycles. The third kappa shape index (κ3) is 3.53. The average molecular weight is 280 g/mol. The minimum absolute atomic E-state index is 0.0629. The quantitative estimate of drug-likeness (QED) is 0.778. The number of hydrogen-bond donors (Lipinski definition) is 1. The van der Waals surface area contributed by atoms with Gasteiger partial charge in [0.15, 0.2) is 0 Å². The molecular weight excluding hydrogens is 252 g/mol.